The van der Waals surface area contributed by atoms with Crippen molar-refractivity contribution in [1.82, 2.24) is 0 Å². The maximum atomic E-state index is 12.9. The van der Waals surface area contributed by atoms with Crippen LogP contribution in [0.5, 0.6) is 0 Å². The maximum absolute atomic E-state index is 12.9. The monoisotopic (exact) mass is 503 g/mol. The van der Waals surface area contributed by atoms with E-state index in [1.165, 1.54) is 40.2 Å². The van der Waals surface area contributed by atoms with Gasteiger partial charge in [-0.25, -0.2) is 9.59 Å². The van der Waals surface area contributed by atoms with Gasteiger partial charge in [0, 0.05) is 9.75 Å². The highest BCUT2D eigenvalue weighted by atomic mass is 32.1. The van der Waals surface area contributed by atoms with Crippen LogP contribution < -0.4 is 5.32 Å². The molecule has 2 heterocycles. The molecule has 0 saturated heterocycles. The van der Waals surface area contributed by atoms with Crippen molar-refractivity contribution in [3.63, 3.8) is 0 Å². The fraction of sp³-hybridized carbons (Fsp3) is 0.577. The van der Waals surface area contributed by atoms with E-state index in [-0.39, 0.29) is 5.41 Å². The zero-order chi connectivity index (χ0) is 24.6. The number of esters is 2. The molecule has 8 heteroatoms. The van der Waals surface area contributed by atoms with Crippen molar-refractivity contribution in [3.8, 4) is 0 Å². The lowest BCUT2D eigenvalue weighted by Gasteiger charge is -2.33. The van der Waals surface area contributed by atoms with Gasteiger partial charge in [0.2, 0.25) is 0 Å². The third-order valence-electron chi connectivity index (χ3n) is 6.97. The lowest BCUT2D eigenvalue weighted by Crippen LogP contribution is -2.30. The maximum Gasteiger partial charge on any atom is 0.349 e. The number of carbonyl (C=O) groups is 3. The second-order valence-corrected chi connectivity index (χ2v) is 12.6. The summed E-state index contributed by atoms with van der Waals surface area (Å²) in [6, 6.07) is 1.90. The van der Waals surface area contributed by atoms with E-state index < -0.39 is 23.9 Å². The van der Waals surface area contributed by atoms with Gasteiger partial charge in [-0.3, -0.25) is 4.79 Å². The number of nitrogens with one attached hydrogen (secondary N) is 1. The van der Waals surface area contributed by atoms with Crippen LogP contribution >= 0.6 is 22.7 Å². The van der Waals surface area contributed by atoms with Crippen molar-refractivity contribution < 1.29 is 23.9 Å². The molecule has 0 fully saturated rings. The topological polar surface area (TPSA) is 81.7 Å². The van der Waals surface area contributed by atoms with Gasteiger partial charge >= 0.3 is 11.9 Å². The molecule has 0 saturated carbocycles. The predicted molar refractivity (Wildman–Crippen MR) is 135 cm³/mol. The van der Waals surface area contributed by atoms with Crippen molar-refractivity contribution in [2.24, 2.45) is 11.3 Å². The highest BCUT2D eigenvalue weighted by molar-refractivity contribution is 7.17. The Kier molecular flexibility index (Phi) is 7.20. The molecule has 4 rings (SSSR count). The van der Waals surface area contributed by atoms with Crippen LogP contribution in [0.4, 0.5) is 5.00 Å². The second-order valence-electron chi connectivity index (χ2n) is 10.3. The number of thiophene rings is 2. The summed E-state index contributed by atoms with van der Waals surface area (Å²) in [5.74, 6) is -0.875. The third kappa shape index (κ3) is 5.08. The molecular formula is C26H33NO5S2. The molecule has 0 bridgehead atoms. The van der Waals surface area contributed by atoms with Gasteiger partial charge in [0.05, 0.1) is 12.7 Å². The number of hydrogen-bond acceptors (Lipinski definition) is 7. The molecule has 0 spiro atoms. The Hall–Kier alpha value is -2.19. The SMILES string of the molecule is COC(=O)c1c(NC(=O)C(C)OC(=O)c2cc3c(s2)CCCC3)sc2c1CCC(C(C)(C)C)C2. The van der Waals surface area contributed by atoms with Crippen LogP contribution in [0.25, 0.3) is 0 Å². The third-order valence-corrected chi connectivity index (χ3v) is 9.35. The fourth-order valence-corrected chi connectivity index (χ4v) is 7.26. The van der Waals surface area contributed by atoms with E-state index >= 15 is 0 Å². The number of carbonyl (C=O) groups excluding carboxylic acids is 3. The summed E-state index contributed by atoms with van der Waals surface area (Å²) in [5.41, 5.74) is 2.80. The van der Waals surface area contributed by atoms with Crippen LogP contribution in [-0.2, 0) is 40.0 Å². The number of ether oxygens (including phenoxy) is 2. The summed E-state index contributed by atoms with van der Waals surface area (Å²) in [6.07, 6.45) is 5.93. The number of hydrogen-bond donors (Lipinski definition) is 1. The van der Waals surface area contributed by atoms with Gasteiger partial charge in [-0.15, -0.1) is 22.7 Å². The van der Waals surface area contributed by atoms with Crippen LogP contribution in [0, 0.1) is 11.3 Å². The van der Waals surface area contributed by atoms with Crippen molar-refractivity contribution in [1.29, 1.82) is 0 Å². The molecule has 2 atom stereocenters. The molecule has 0 aromatic carbocycles. The van der Waals surface area contributed by atoms with Crippen LogP contribution in [0.1, 0.15) is 87.9 Å². The quantitative estimate of drug-likeness (QED) is 0.521. The molecule has 1 amide bonds. The minimum Gasteiger partial charge on any atom is -0.465 e. The van der Waals surface area contributed by atoms with Gasteiger partial charge in [0.15, 0.2) is 6.10 Å². The van der Waals surface area contributed by atoms with Crippen molar-refractivity contribution in [2.45, 2.75) is 78.7 Å². The van der Waals surface area contributed by atoms with Crippen molar-refractivity contribution in [3.05, 3.63) is 37.4 Å². The average molecular weight is 504 g/mol. The van der Waals surface area contributed by atoms with Gasteiger partial charge in [-0.05, 0) is 80.4 Å². The Bertz CT molecular complexity index is 1080. The van der Waals surface area contributed by atoms with Gasteiger partial charge in [0.25, 0.3) is 5.91 Å². The molecular weight excluding hydrogens is 470 g/mol. The van der Waals surface area contributed by atoms with Crippen LogP contribution in [-0.4, -0.2) is 31.1 Å². The van der Waals surface area contributed by atoms with Gasteiger partial charge < -0.3 is 14.8 Å². The van der Waals surface area contributed by atoms with E-state index in [0.29, 0.717) is 21.4 Å². The first-order valence-electron chi connectivity index (χ1n) is 11.9. The van der Waals surface area contributed by atoms with E-state index in [9.17, 15) is 14.4 Å². The second kappa shape index (κ2) is 9.82. The lowest BCUT2D eigenvalue weighted by molar-refractivity contribution is -0.123. The molecule has 6 nitrogen and oxygen atoms in total. The molecule has 2 aliphatic carbocycles. The lowest BCUT2D eigenvalue weighted by atomic mass is 9.72. The number of aryl methyl sites for hydroxylation is 2. The number of anilines is 1. The number of rotatable bonds is 5. The Morgan fingerprint density at radius 3 is 2.47 bits per heavy atom. The zero-order valence-corrected chi connectivity index (χ0v) is 22.2. The molecule has 0 radical (unpaired) electrons. The van der Waals surface area contributed by atoms with E-state index in [1.807, 2.05) is 6.07 Å². The molecule has 34 heavy (non-hydrogen) atoms. The average Bonchev–Trinajstić information content (AvgIpc) is 3.38. The van der Waals surface area contributed by atoms with Gasteiger partial charge in [-0.1, -0.05) is 20.8 Å². The van der Waals surface area contributed by atoms with E-state index in [0.717, 1.165) is 55.4 Å². The van der Waals surface area contributed by atoms with E-state index in [2.05, 4.69) is 26.1 Å². The number of fused-ring (bicyclic) bond motifs is 2. The fourth-order valence-electron chi connectivity index (χ4n) is 4.81. The summed E-state index contributed by atoms with van der Waals surface area (Å²) >= 11 is 2.90. The van der Waals surface area contributed by atoms with Crippen molar-refractivity contribution >= 4 is 45.5 Å². The van der Waals surface area contributed by atoms with Crippen LogP contribution in [0.2, 0.25) is 0 Å². The van der Waals surface area contributed by atoms with E-state index in [1.54, 1.807) is 6.92 Å². The van der Waals surface area contributed by atoms with Gasteiger partial charge in [0.1, 0.15) is 9.88 Å². The number of amides is 1. The first-order chi connectivity index (χ1) is 16.1. The summed E-state index contributed by atoms with van der Waals surface area (Å²) in [5, 5.41) is 3.32. The summed E-state index contributed by atoms with van der Waals surface area (Å²) in [6.45, 7) is 8.27. The summed E-state index contributed by atoms with van der Waals surface area (Å²) < 4.78 is 10.5. The Labute approximate surface area is 209 Å². The Morgan fingerprint density at radius 1 is 1.06 bits per heavy atom. The van der Waals surface area contributed by atoms with Crippen LogP contribution in [0.15, 0.2) is 6.07 Å². The Balaban J connectivity index is 1.48. The highest BCUT2D eigenvalue weighted by Crippen LogP contribution is 2.44. The summed E-state index contributed by atoms with van der Waals surface area (Å²) in [4.78, 5) is 41.1. The van der Waals surface area contributed by atoms with E-state index in [4.69, 9.17) is 9.47 Å². The van der Waals surface area contributed by atoms with Crippen LogP contribution in [0.3, 0.4) is 0 Å². The smallest absolute Gasteiger partial charge is 0.349 e. The molecule has 184 valence electrons. The molecule has 0 aliphatic heterocycles. The summed E-state index contributed by atoms with van der Waals surface area (Å²) in [7, 11) is 1.35. The molecule has 2 aliphatic rings. The Morgan fingerprint density at radius 2 is 1.79 bits per heavy atom. The number of methoxy groups -OCH3 is 1. The molecule has 1 N–H and O–H groups in total. The highest BCUT2D eigenvalue weighted by Gasteiger charge is 2.35. The normalized spacial score (nSPS) is 18.4. The van der Waals surface area contributed by atoms with Gasteiger partial charge in [-0.2, -0.15) is 0 Å². The minimum atomic E-state index is -0.987. The first kappa shape index (κ1) is 24.9. The first-order valence-corrected chi connectivity index (χ1v) is 13.6. The largest absolute Gasteiger partial charge is 0.465 e. The van der Waals surface area contributed by atoms with Crippen molar-refractivity contribution in [2.75, 3.05) is 12.4 Å². The standard InChI is InChI=1S/C26H33NO5S2/c1-14(32-24(29)20-12-15-8-6-7-9-18(15)33-20)22(28)27-23-21(25(30)31-5)17-11-10-16(26(2,3)4)13-19(17)34-23/h12,14,16H,6-11,13H2,1-5H3,(H,27,28). The minimum absolute atomic E-state index is 0.167. The zero-order valence-electron chi connectivity index (χ0n) is 20.5. The molecule has 2 aromatic rings. The predicted octanol–water partition coefficient (Wildman–Crippen LogP) is 5.81. The molecule has 2 unspecified atom stereocenters. The molecule has 2 aromatic heterocycles.